The second kappa shape index (κ2) is 2.09. The highest BCUT2D eigenvalue weighted by Gasteiger charge is 2.23. The molecule has 1 aliphatic heterocycles. The minimum Gasteiger partial charge on any atom is -0.287 e. The Morgan fingerprint density at radius 1 is 1.30 bits per heavy atom. The molecule has 10 heavy (non-hydrogen) atoms. The standard InChI is InChI=1S/C7H10N2O/c10-7-6-3-1-2-5(6)4-8-9-7/h8H,1-4H2,(H,9,10). The van der Waals surface area contributed by atoms with E-state index in [-0.39, 0.29) is 5.91 Å². The van der Waals surface area contributed by atoms with Crippen LogP contribution in [0.3, 0.4) is 0 Å². The van der Waals surface area contributed by atoms with Gasteiger partial charge in [-0.2, -0.15) is 0 Å². The van der Waals surface area contributed by atoms with Gasteiger partial charge in [0.2, 0.25) is 0 Å². The predicted molar refractivity (Wildman–Crippen MR) is 37.0 cm³/mol. The van der Waals surface area contributed by atoms with Crippen molar-refractivity contribution in [1.82, 2.24) is 10.9 Å². The van der Waals surface area contributed by atoms with E-state index in [4.69, 9.17) is 0 Å². The maximum Gasteiger partial charge on any atom is 0.261 e. The molecule has 0 saturated carbocycles. The SMILES string of the molecule is O=C1NNCC2=C1CCC2. The van der Waals surface area contributed by atoms with Gasteiger partial charge in [-0.05, 0) is 24.8 Å². The molecule has 1 heterocycles. The minimum atomic E-state index is 0.0822. The van der Waals surface area contributed by atoms with Crippen molar-refractivity contribution < 1.29 is 4.79 Å². The summed E-state index contributed by atoms with van der Waals surface area (Å²) in [4.78, 5) is 11.0. The molecule has 54 valence electrons. The van der Waals surface area contributed by atoms with Crippen LogP contribution in [0.15, 0.2) is 11.1 Å². The molecule has 0 unspecified atom stereocenters. The molecule has 0 aromatic heterocycles. The van der Waals surface area contributed by atoms with Crippen molar-refractivity contribution in [1.29, 1.82) is 0 Å². The Morgan fingerprint density at radius 3 is 3.00 bits per heavy atom. The lowest BCUT2D eigenvalue weighted by molar-refractivity contribution is -0.118. The van der Waals surface area contributed by atoms with Crippen LogP contribution >= 0.6 is 0 Å². The molecule has 0 spiro atoms. The van der Waals surface area contributed by atoms with Gasteiger partial charge in [-0.15, -0.1) is 0 Å². The van der Waals surface area contributed by atoms with E-state index >= 15 is 0 Å². The second-order valence-corrected chi connectivity index (χ2v) is 2.74. The number of rotatable bonds is 0. The number of hydrogen-bond donors (Lipinski definition) is 2. The van der Waals surface area contributed by atoms with Crippen LogP contribution in [0.25, 0.3) is 0 Å². The van der Waals surface area contributed by atoms with Crippen molar-refractivity contribution in [2.45, 2.75) is 19.3 Å². The Bertz CT molecular complexity index is 208. The molecular formula is C7H10N2O. The molecule has 3 heteroatoms. The Labute approximate surface area is 59.5 Å². The summed E-state index contributed by atoms with van der Waals surface area (Å²) in [6.07, 6.45) is 3.23. The Hall–Kier alpha value is -0.830. The summed E-state index contributed by atoms with van der Waals surface area (Å²) in [6.45, 7) is 0.848. The molecule has 0 bridgehead atoms. The van der Waals surface area contributed by atoms with Gasteiger partial charge in [0, 0.05) is 12.1 Å². The van der Waals surface area contributed by atoms with Gasteiger partial charge < -0.3 is 0 Å². The topological polar surface area (TPSA) is 41.1 Å². The van der Waals surface area contributed by atoms with Gasteiger partial charge in [-0.3, -0.25) is 10.2 Å². The van der Waals surface area contributed by atoms with Crippen LogP contribution in [-0.2, 0) is 4.79 Å². The largest absolute Gasteiger partial charge is 0.287 e. The van der Waals surface area contributed by atoms with E-state index in [2.05, 4.69) is 10.9 Å². The van der Waals surface area contributed by atoms with Crippen LogP contribution in [-0.4, -0.2) is 12.5 Å². The zero-order chi connectivity index (χ0) is 6.97. The minimum absolute atomic E-state index is 0.0822. The Kier molecular flexibility index (Phi) is 1.24. The first-order valence-corrected chi connectivity index (χ1v) is 3.62. The van der Waals surface area contributed by atoms with Crippen LogP contribution in [0.4, 0.5) is 0 Å². The maximum absolute atomic E-state index is 11.0. The van der Waals surface area contributed by atoms with E-state index < -0.39 is 0 Å². The third-order valence-corrected chi connectivity index (χ3v) is 2.11. The average Bonchev–Trinajstić information content (AvgIpc) is 2.36. The molecule has 2 N–H and O–H groups in total. The Balaban J connectivity index is 2.31. The summed E-state index contributed by atoms with van der Waals surface area (Å²) in [7, 11) is 0. The van der Waals surface area contributed by atoms with Crippen LogP contribution in [0, 0.1) is 0 Å². The molecule has 0 aromatic carbocycles. The third kappa shape index (κ3) is 0.743. The smallest absolute Gasteiger partial charge is 0.261 e. The van der Waals surface area contributed by atoms with Crippen molar-refractivity contribution in [3.63, 3.8) is 0 Å². The monoisotopic (exact) mass is 138 g/mol. The van der Waals surface area contributed by atoms with Crippen LogP contribution < -0.4 is 10.9 Å². The number of hydrogen-bond acceptors (Lipinski definition) is 2. The lowest BCUT2D eigenvalue weighted by Gasteiger charge is -2.15. The van der Waals surface area contributed by atoms with E-state index in [0.717, 1.165) is 31.4 Å². The molecule has 2 rings (SSSR count). The number of hydrazine groups is 1. The first-order valence-electron chi connectivity index (χ1n) is 3.62. The van der Waals surface area contributed by atoms with Crippen LogP contribution in [0.2, 0.25) is 0 Å². The maximum atomic E-state index is 11.0. The first-order chi connectivity index (χ1) is 4.88. The first kappa shape index (κ1) is 5.92. The van der Waals surface area contributed by atoms with Gasteiger partial charge in [0.15, 0.2) is 0 Å². The molecule has 1 amide bonds. The van der Waals surface area contributed by atoms with Crippen molar-refractivity contribution in [2.75, 3.05) is 6.54 Å². The van der Waals surface area contributed by atoms with Crippen LogP contribution in [0.5, 0.6) is 0 Å². The normalized spacial score (nSPS) is 24.6. The fraction of sp³-hybridized carbons (Fsp3) is 0.571. The fourth-order valence-corrected chi connectivity index (χ4v) is 1.58. The second-order valence-electron chi connectivity index (χ2n) is 2.74. The van der Waals surface area contributed by atoms with Gasteiger partial charge in [-0.25, -0.2) is 5.43 Å². The molecule has 3 nitrogen and oxygen atoms in total. The fourth-order valence-electron chi connectivity index (χ4n) is 1.58. The molecule has 0 aromatic rings. The van der Waals surface area contributed by atoms with Crippen LogP contribution in [0.1, 0.15) is 19.3 Å². The highest BCUT2D eigenvalue weighted by Crippen LogP contribution is 2.26. The van der Waals surface area contributed by atoms with Gasteiger partial charge >= 0.3 is 0 Å². The highest BCUT2D eigenvalue weighted by molar-refractivity contribution is 5.95. The van der Waals surface area contributed by atoms with Crippen molar-refractivity contribution in [2.24, 2.45) is 0 Å². The highest BCUT2D eigenvalue weighted by atomic mass is 16.2. The van der Waals surface area contributed by atoms with E-state index in [1.165, 1.54) is 5.57 Å². The summed E-state index contributed by atoms with van der Waals surface area (Å²) in [6, 6.07) is 0. The zero-order valence-corrected chi connectivity index (χ0v) is 5.74. The molecular weight excluding hydrogens is 128 g/mol. The number of nitrogens with one attached hydrogen (secondary N) is 2. The average molecular weight is 138 g/mol. The lowest BCUT2D eigenvalue weighted by Crippen LogP contribution is -2.43. The zero-order valence-electron chi connectivity index (χ0n) is 5.74. The molecule has 0 fully saturated rings. The van der Waals surface area contributed by atoms with E-state index in [1.54, 1.807) is 0 Å². The van der Waals surface area contributed by atoms with Gasteiger partial charge in [-0.1, -0.05) is 0 Å². The summed E-state index contributed by atoms with van der Waals surface area (Å²) in [5, 5.41) is 0. The summed E-state index contributed by atoms with van der Waals surface area (Å²) < 4.78 is 0. The molecule has 2 aliphatic rings. The van der Waals surface area contributed by atoms with Gasteiger partial charge in [0.25, 0.3) is 5.91 Å². The number of amides is 1. The summed E-state index contributed by atoms with van der Waals surface area (Å²) >= 11 is 0. The van der Waals surface area contributed by atoms with Crippen molar-refractivity contribution in [3.05, 3.63) is 11.1 Å². The van der Waals surface area contributed by atoms with Gasteiger partial charge in [0.05, 0.1) is 0 Å². The van der Waals surface area contributed by atoms with Crippen molar-refractivity contribution in [3.8, 4) is 0 Å². The van der Waals surface area contributed by atoms with E-state index in [1.807, 2.05) is 0 Å². The predicted octanol–water partition coefficient (Wildman–Crippen LogP) is 0.101. The van der Waals surface area contributed by atoms with E-state index in [0.29, 0.717) is 0 Å². The lowest BCUT2D eigenvalue weighted by atomic mass is 10.1. The van der Waals surface area contributed by atoms with E-state index in [9.17, 15) is 4.79 Å². The number of carbonyl (C=O) groups is 1. The summed E-state index contributed by atoms with van der Waals surface area (Å²) in [5.74, 6) is 0.0822. The molecule has 0 radical (unpaired) electrons. The molecule has 0 saturated heterocycles. The Morgan fingerprint density at radius 2 is 2.20 bits per heavy atom. The quantitative estimate of drug-likeness (QED) is 0.498. The van der Waals surface area contributed by atoms with Gasteiger partial charge in [0.1, 0.15) is 0 Å². The molecule has 0 atom stereocenters. The molecule has 1 aliphatic carbocycles. The summed E-state index contributed by atoms with van der Waals surface area (Å²) in [5.41, 5.74) is 7.79. The third-order valence-electron chi connectivity index (χ3n) is 2.11. The van der Waals surface area contributed by atoms with Crippen molar-refractivity contribution >= 4 is 5.91 Å². The number of carbonyl (C=O) groups excluding carboxylic acids is 1.